The third-order valence-electron chi connectivity index (χ3n) is 2.73. The SMILES string of the molecule is C=CCC1CCCC1(O)C(Cl)(Cl)Cl.CC.CNC. The molecular formula is C13H26Cl3NO. The van der Waals surface area contributed by atoms with Gasteiger partial charge in [0.25, 0.3) is 0 Å². The van der Waals surface area contributed by atoms with E-state index in [1.807, 2.05) is 27.9 Å². The minimum absolute atomic E-state index is 0.0255. The first kappa shape index (κ1) is 20.8. The number of hydrogen-bond acceptors (Lipinski definition) is 2. The Morgan fingerprint density at radius 1 is 1.39 bits per heavy atom. The topological polar surface area (TPSA) is 32.3 Å². The lowest BCUT2D eigenvalue weighted by molar-refractivity contribution is 0.00718. The van der Waals surface area contributed by atoms with Gasteiger partial charge in [-0.2, -0.15) is 0 Å². The van der Waals surface area contributed by atoms with E-state index in [1.54, 1.807) is 6.08 Å². The number of allylic oxidation sites excluding steroid dienone is 1. The lowest BCUT2D eigenvalue weighted by Gasteiger charge is -2.35. The zero-order valence-electron chi connectivity index (χ0n) is 11.8. The van der Waals surface area contributed by atoms with Crippen LogP contribution in [0.3, 0.4) is 0 Å². The van der Waals surface area contributed by atoms with E-state index in [2.05, 4.69) is 11.9 Å². The molecule has 1 aliphatic carbocycles. The van der Waals surface area contributed by atoms with E-state index in [-0.39, 0.29) is 5.92 Å². The number of halogens is 3. The molecule has 2 atom stereocenters. The zero-order valence-corrected chi connectivity index (χ0v) is 14.0. The van der Waals surface area contributed by atoms with Crippen molar-refractivity contribution in [3.8, 4) is 0 Å². The lowest BCUT2D eigenvalue weighted by atomic mass is 9.89. The molecule has 0 radical (unpaired) electrons. The number of alkyl halides is 3. The van der Waals surface area contributed by atoms with Crippen LogP contribution < -0.4 is 5.32 Å². The molecule has 0 bridgehead atoms. The average molecular weight is 319 g/mol. The molecule has 2 unspecified atom stereocenters. The van der Waals surface area contributed by atoms with Crippen LogP contribution in [0, 0.1) is 5.92 Å². The predicted molar refractivity (Wildman–Crippen MR) is 83.7 cm³/mol. The monoisotopic (exact) mass is 317 g/mol. The summed E-state index contributed by atoms with van der Waals surface area (Å²) in [4.78, 5) is 0. The molecule has 2 N–H and O–H groups in total. The summed E-state index contributed by atoms with van der Waals surface area (Å²) in [6.07, 6.45) is 4.82. The third-order valence-corrected chi connectivity index (χ3v) is 3.71. The Labute approximate surface area is 127 Å². The van der Waals surface area contributed by atoms with Crippen molar-refractivity contribution in [2.75, 3.05) is 14.1 Å². The van der Waals surface area contributed by atoms with E-state index in [4.69, 9.17) is 34.8 Å². The van der Waals surface area contributed by atoms with Crippen LogP contribution in [0.1, 0.15) is 39.5 Å². The summed E-state index contributed by atoms with van der Waals surface area (Å²) in [5.74, 6) is 0.0255. The summed E-state index contributed by atoms with van der Waals surface area (Å²) in [6.45, 7) is 7.63. The number of nitrogens with one attached hydrogen (secondary N) is 1. The van der Waals surface area contributed by atoms with Gasteiger partial charge >= 0.3 is 0 Å². The molecule has 110 valence electrons. The van der Waals surface area contributed by atoms with Crippen molar-refractivity contribution >= 4 is 34.8 Å². The molecule has 0 aromatic carbocycles. The van der Waals surface area contributed by atoms with E-state index in [9.17, 15) is 5.11 Å². The highest BCUT2D eigenvalue weighted by Crippen LogP contribution is 2.51. The molecular weight excluding hydrogens is 293 g/mol. The molecule has 1 rings (SSSR count). The Kier molecular flexibility index (Phi) is 12.0. The van der Waals surface area contributed by atoms with E-state index < -0.39 is 9.39 Å². The largest absolute Gasteiger partial charge is 0.385 e. The first-order valence-electron chi connectivity index (χ1n) is 6.32. The Morgan fingerprint density at radius 3 is 2.17 bits per heavy atom. The van der Waals surface area contributed by atoms with Gasteiger partial charge in [0.15, 0.2) is 0 Å². The first-order chi connectivity index (χ1) is 8.33. The van der Waals surface area contributed by atoms with Crippen molar-refractivity contribution in [2.24, 2.45) is 5.92 Å². The molecule has 0 aromatic heterocycles. The lowest BCUT2D eigenvalue weighted by Crippen LogP contribution is -2.45. The highest BCUT2D eigenvalue weighted by atomic mass is 35.6. The second-order valence-electron chi connectivity index (χ2n) is 4.04. The maximum atomic E-state index is 10.2. The van der Waals surface area contributed by atoms with Crippen molar-refractivity contribution in [3.05, 3.63) is 12.7 Å². The van der Waals surface area contributed by atoms with Crippen LogP contribution in [0.2, 0.25) is 0 Å². The van der Waals surface area contributed by atoms with E-state index in [0.29, 0.717) is 12.8 Å². The van der Waals surface area contributed by atoms with Gasteiger partial charge < -0.3 is 10.4 Å². The molecule has 5 heteroatoms. The summed E-state index contributed by atoms with van der Waals surface area (Å²) >= 11 is 17.3. The molecule has 0 aliphatic heterocycles. The fraction of sp³-hybridized carbons (Fsp3) is 0.846. The quantitative estimate of drug-likeness (QED) is 0.587. The predicted octanol–water partition coefficient (Wildman–Crippen LogP) is 4.33. The molecule has 0 spiro atoms. The maximum absolute atomic E-state index is 10.2. The van der Waals surface area contributed by atoms with Gasteiger partial charge in [-0.15, -0.1) is 6.58 Å². The van der Waals surface area contributed by atoms with Crippen LogP contribution in [0.15, 0.2) is 12.7 Å². The molecule has 0 saturated heterocycles. The Morgan fingerprint density at radius 2 is 1.83 bits per heavy atom. The van der Waals surface area contributed by atoms with Crippen molar-refractivity contribution in [1.82, 2.24) is 5.32 Å². The average Bonchev–Trinajstić information content (AvgIpc) is 2.66. The van der Waals surface area contributed by atoms with Crippen LogP contribution in [0.5, 0.6) is 0 Å². The molecule has 1 aliphatic rings. The summed E-state index contributed by atoms with van der Waals surface area (Å²) in [5.41, 5.74) is -1.17. The van der Waals surface area contributed by atoms with Crippen LogP contribution in [0.25, 0.3) is 0 Å². The number of aliphatic hydroxyl groups is 1. The van der Waals surface area contributed by atoms with E-state index >= 15 is 0 Å². The number of hydrogen-bond donors (Lipinski definition) is 2. The molecule has 1 saturated carbocycles. The standard InChI is InChI=1S/C9H13Cl3O.C2H7N.C2H6/c1-2-4-7-5-3-6-8(7,13)9(10,11)12;1-3-2;1-2/h2,7,13H,1,3-6H2;3H,1-2H3;1-2H3. The Bertz CT molecular complexity index is 219. The van der Waals surface area contributed by atoms with Gasteiger partial charge in [0.2, 0.25) is 3.79 Å². The van der Waals surface area contributed by atoms with Gasteiger partial charge in [-0.25, -0.2) is 0 Å². The second kappa shape index (κ2) is 10.3. The molecule has 2 nitrogen and oxygen atoms in total. The molecule has 0 amide bonds. The zero-order chi connectivity index (χ0) is 14.8. The number of rotatable bonds is 2. The molecule has 18 heavy (non-hydrogen) atoms. The summed E-state index contributed by atoms with van der Waals surface area (Å²) in [7, 11) is 3.75. The first-order valence-corrected chi connectivity index (χ1v) is 7.45. The van der Waals surface area contributed by atoms with E-state index in [1.165, 1.54) is 0 Å². The molecule has 0 aromatic rings. The van der Waals surface area contributed by atoms with Gasteiger partial charge in [0, 0.05) is 0 Å². The molecule has 0 heterocycles. The maximum Gasteiger partial charge on any atom is 0.219 e. The Hall–Kier alpha value is 0.530. The highest BCUT2D eigenvalue weighted by Gasteiger charge is 2.54. The van der Waals surface area contributed by atoms with Crippen LogP contribution >= 0.6 is 34.8 Å². The van der Waals surface area contributed by atoms with Crippen LogP contribution in [-0.4, -0.2) is 28.6 Å². The van der Waals surface area contributed by atoms with E-state index in [0.717, 1.165) is 12.8 Å². The van der Waals surface area contributed by atoms with Gasteiger partial charge in [0.05, 0.1) is 0 Å². The van der Waals surface area contributed by atoms with Crippen LogP contribution in [0.4, 0.5) is 0 Å². The van der Waals surface area contributed by atoms with Gasteiger partial charge in [-0.05, 0) is 39.3 Å². The highest BCUT2D eigenvalue weighted by molar-refractivity contribution is 6.68. The van der Waals surface area contributed by atoms with Crippen LogP contribution in [-0.2, 0) is 0 Å². The normalized spacial score (nSPS) is 26.6. The van der Waals surface area contributed by atoms with Crippen molar-refractivity contribution in [2.45, 2.75) is 48.9 Å². The summed E-state index contributed by atoms with van der Waals surface area (Å²) in [5, 5.41) is 12.9. The minimum Gasteiger partial charge on any atom is -0.385 e. The smallest absolute Gasteiger partial charge is 0.219 e. The fourth-order valence-corrected chi connectivity index (χ4v) is 2.69. The van der Waals surface area contributed by atoms with Crippen molar-refractivity contribution in [1.29, 1.82) is 0 Å². The third kappa shape index (κ3) is 6.12. The summed E-state index contributed by atoms with van der Waals surface area (Å²) in [6, 6.07) is 0. The van der Waals surface area contributed by atoms with Crippen molar-refractivity contribution in [3.63, 3.8) is 0 Å². The minimum atomic E-state index is -1.59. The van der Waals surface area contributed by atoms with Gasteiger partial charge in [0.1, 0.15) is 5.60 Å². The Balaban J connectivity index is 0. The fourth-order valence-electron chi connectivity index (χ4n) is 1.95. The second-order valence-corrected chi connectivity index (χ2v) is 6.32. The van der Waals surface area contributed by atoms with Gasteiger partial charge in [-0.1, -0.05) is 61.1 Å². The summed E-state index contributed by atoms with van der Waals surface area (Å²) < 4.78 is -1.59. The molecule has 1 fully saturated rings. The van der Waals surface area contributed by atoms with Gasteiger partial charge in [-0.3, -0.25) is 0 Å². The van der Waals surface area contributed by atoms with Crippen molar-refractivity contribution < 1.29 is 5.11 Å².